The summed E-state index contributed by atoms with van der Waals surface area (Å²) in [6.07, 6.45) is 1.23. The Morgan fingerprint density at radius 1 is 1.33 bits per heavy atom. The summed E-state index contributed by atoms with van der Waals surface area (Å²) in [5, 5.41) is 0. The van der Waals surface area contributed by atoms with E-state index in [1.807, 2.05) is 13.8 Å². The predicted octanol–water partition coefficient (Wildman–Crippen LogP) is 0.0867. The molecule has 0 amide bonds. The maximum Gasteiger partial charge on any atom is 0.119 e. The van der Waals surface area contributed by atoms with Crippen LogP contribution in [0.1, 0.15) is 20.3 Å². The Bertz CT molecular complexity index is 97.2. The minimum absolute atomic E-state index is 0. The van der Waals surface area contributed by atoms with Crippen molar-refractivity contribution >= 4 is 19.2 Å². The Morgan fingerprint density at radius 2 is 1.83 bits per heavy atom. The van der Waals surface area contributed by atoms with E-state index in [4.69, 9.17) is 5.73 Å². The normalized spacial score (nSPS) is 26.2. The first kappa shape index (κ1) is 14.9. The highest BCUT2D eigenvalue weighted by atomic mass is 28.3. The van der Waals surface area contributed by atoms with Gasteiger partial charge < -0.3 is 10.7 Å². The fraction of sp³-hybridized carbons (Fsp3) is 1.00. The molecule has 1 aliphatic heterocycles. The summed E-state index contributed by atoms with van der Waals surface area (Å²) in [4.78, 5) is 3.52. The van der Waals surface area contributed by atoms with Gasteiger partial charge in [0.2, 0.25) is 0 Å². The molecule has 1 unspecified atom stereocenters. The molecule has 1 aliphatic rings. The van der Waals surface area contributed by atoms with E-state index >= 15 is 0 Å². The predicted molar refractivity (Wildman–Crippen MR) is 65.6 cm³/mol. The fourth-order valence-corrected chi connectivity index (χ4v) is 3.23. The molecular weight excluding hydrogens is 180 g/mol. The topological polar surface area (TPSA) is 38.0 Å². The maximum atomic E-state index is 5.72. The molecular formula is C8H26N2Si2. The molecule has 0 aromatic heterocycles. The van der Waals surface area contributed by atoms with Gasteiger partial charge in [0.15, 0.2) is 0 Å². The molecule has 1 rings (SSSR count). The van der Waals surface area contributed by atoms with Crippen molar-refractivity contribution < 1.29 is 0 Å². The molecule has 0 spiro atoms. The van der Waals surface area contributed by atoms with Gasteiger partial charge in [0, 0.05) is 12.6 Å². The largest absolute Gasteiger partial charge is 0.336 e. The van der Waals surface area contributed by atoms with Gasteiger partial charge in [-0.25, -0.2) is 0 Å². The quantitative estimate of drug-likeness (QED) is 0.551. The van der Waals surface area contributed by atoms with Crippen molar-refractivity contribution in [2.24, 2.45) is 5.73 Å². The van der Waals surface area contributed by atoms with E-state index in [-0.39, 0.29) is 11.0 Å². The Kier molecular flexibility index (Phi) is 8.45. The van der Waals surface area contributed by atoms with Crippen LogP contribution in [0.3, 0.4) is 0 Å². The molecule has 0 aliphatic carbocycles. The zero-order chi connectivity index (χ0) is 8.91. The summed E-state index contributed by atoms with van der Waals surface area (Å²) in [7, 11) is -0.962. The first-order valence-electron chi connectivity index (χ1n) is 4.61. The second-order valence-electron chi connectivity index (χ2n) is 3.56. The average molecular weight is 206 g/mol. The van der Waals surface area contributed by atoms with E-state index < -0.39 is 8.24 Å². The van der Waals surface area contributed by atoms with Crippen LogP contribution in [0.5, 0.6) is 0 Å². The van der Waals surface area contributed by atoms with Gasteiger partial charge >= 0.3 is 0 Å². The van der Waals surface area contributed by atoms with E-state index in [1.54, 1.807) is 0 Å². The summed E-state index contributed by atoms with van der Waals surface area (Å²) < 4.78 is 0. The molecule has 4 heteroatoms. The molecule has 1 saturated heterocycles. The van der Waals surface area contributed by atoms with Crippen LogP contribution in [0, 0.1) is 0 Å². The molecule has 3 N–H and O–H groups in total. The van der Waals surface area contributed by atoms with E-state index in [0.29, 0.717) is 6.04 Å². The SMILES string of the molecule is CC.C[Si]1(C)CCC(N)CN1.[SiH4]. The molecule has 1 atom stereocenters. The third-order valence-electron chi connectivity index (χ3n) is 1.98. The molecule has 2 nitrogen and oxygen atoms in total. The second-order valence-corrected chi connectivity index (χ2v) is 8.18. The maximum absolute atomic E-state index is 5.72. The van der Waals surface area contributed by atoms with Gasteiger partial charge in [0.1, 0.15) is 8.24 Å². The zero-order valence-corrected chi connectivity index (χ0v) is 9.28. The highest BCUT2D eigenvalue weighted by Crippen LogP contribution is 2.13. The van der Waals surface area contributed by atoms with E-state index in [9.17, 15) is 0 Å². The number of rotatable bonds is 0. The van der Waals surface area contributed by atoms with Crippen LogP contribution in [-0.4, -0.2) is 31.8 Å². The van der Waals surface area contributed by atoms with Crippen molar-refractivity contribution in [2.75, 3.05) is 6.54 Å². The lowest BCUT2D eigenvalue weighted by Crippen LogP contribution is -2.54. The summed E-state index contributed by atoms with van der Waals surface area (Å²) in [6.45, 7) is 9.76. The van der Waals surface area contributed by atoms with Crippen LogP contribution in [0.25, 0.3) is 0 Å². The summed E-state index contributed by atoms with van der Waals surface area (Å²) in [5.74, 6) is 0. The molecule has 0 radical (unpaired) electrons. The van der Waals surface area contributed by atoms with Crippen molar-refractivity contribution in [3.05, 3.63) is 0 Å². The molecule has 0 aromatic rings. The van der Waals surface area contributed by atoms with Crippen molar-refractivity contribution in [2.45, 2.75) is 45.4 Å². The van der Waals surface area contributed by atoms with Crippen molar-refractivity contribution in [1.82, 2.24) is 4.98 Å². The van der Waals surface area contributed by atoms with Crippen LogP contribution in [-0.2, 0) is 0 Å². The molecule has 0 bridgehead atoms. The smallest absolute Gasteiger partial charge is 0.119 e. The lowest BCUT2D eigenvalue weighted by Gasteiger charge is -2.32. The van der Waals surface area contributed by atoms with Crippen molar-refractivity contribution in [1.29, 1.82) is 0 Å². The van der Waals surface area contributed by atoms with E-state index in [0.717, 1.165) is 6.54 Å². The number of nitrogens with one attached hydrogen (secondary N) is 1. The van der Waals surface area contributed by atoms with Gasteiger partial charge in [-0.05, 0) is 23.4 Å². The van der Waals surface area contributed by atoms with Crippen LogP contribution in [0.4, 0.5) is 0 Å². The second kappa shape index (κ2) is 6.83. The van der Waals surface area contributed by atoms with Gasteiger partial charge in [-0.3, -0.25) is 0 Å². The molecule has 76 valence electrons. The van der Waals surface area contributed by atoms with Gasteiger partial charge in [0.05, 0.1) is 0 Å². The Morgan fingerprint density at radius 3 is 2.08 bits per heavy atom. The highest BCUT2D eigenvalue weighted by molar-refractivity contribution is 6.75. The third-order valence-corrected chi connectivity index (χ3v) is 4.68. The minimum atomic E-state index is -0.962. The molecule has 0 aromatic carbocycles. The summed E-state index contributed by atoms with van der Waals surface area (Å²) >= 11 is 0. The number of hydrogen-bond acceptors (Lipinski definition) is 2. The van der Waals surface area contributed by atoms with Gasteiger partial charge in [0.25, 0.3) is 0 Å². The monoisotopic (exact) mass is 206 g/mol. The summed E-state index contributed by atoms with van der Waals surface area (Å²) in [6, 6.07) is 1.76. The molecule has 1 fully saturated rings. The van der Waals surface area contributed by atoms with Gasteiger partial charge in [-0.1, -0.05) is 26.9 Å². The van der Waals surface area contributed by atoms with Crippen LogP contribution in [0.2, 0.25) is 19.1 Å². The number of hydrogen-bond donors (Lipinski definition) is 2. The first-order valence-corrected chi connectivity index (χ1v) is 7.81. The zero-order valence-electron chi connectivity index (χ0n) is 8.28. The van der Waals surface area contributed by atoms with E-state index in [1.165, 1.54) is 12.5 Å². The molecule has 12 heavy (non-hydrogen) atoms. The van der Waals surface area contributed by atoms with Crippen molar-refractivity contribution in [3.8, 4) is 0 Å². The van der Waals surface area contributed by atoms with Gasteiger partial charge in [-0.2, -0.15) is 0 Å². The lowest BCUT2D eigenvalue weighted by atomic mass is 10.2. The Balaban J connectivity index is 0. The third kappa shape index (κ3) is 5.94. The van der Waals surface area contributed by atoms with Crippen LogP contribution >= 0.6 is 0 Å². The van der Waals surface area contributed by atoms with Crippen molar-refractivity contribution in [3.63, 3.8) is 0 Å². The molecule has 1 heterocycles. The summed E-state index contributed by atoms with van der Waals surface area (Å²) in [5.41, 5.74) is 5.72. The minimum Gasteiger partial charge on any atom is -0.336 e. The first-order chi connectivity index (χ1) is 5.10. The van der Waals surface area contributed by atoms with Crippen LogP contribution in [0.15, 0.2) is 0 Å². The average Bonchev–Trinajstić information content (AvgIpc) is 2.00. The van der Waals surface area contributed by atoms with Crippen LogP contribution < -0.4 is 10.7 Å². The van der Waals surface area contributed by atoms with Gasteiger partial charge in [-0.15, -0.1) is 0 Å². The lowest BCUT2D eigenvalue weighted by molar-refractivity contribution is 0.588. The van der Waals surface area contributed by atoms with E-state index in [2.05, 4.69) is 18.1 Å². The Hall–Kier alpha value is 0.354. The standard InChI is InChI=1S/C6H16N2Si.C2H6.H4Si/c1-9(2)4-3-6(7)5-8-9;1-2;/h6,8H,3-5,7H2,1-2H3;1-2H3;1H4. The number of nitrogens with two attached hydrogens (primary N) is 1. The fourth-order valence-electron chi connectivity index (χ4n) is 1.14. The molecule has 0 saturated carbocycles. The highest BCUT2D eigenvalue weighted by Gasteiger charge is 2.25. The Labute approximate surface area is 82.4 Å².